The molecular formula is C7H7ClN2OS. The first-order chi connectivity index (χ1) is 5.84. The highest BCUT2D eigenvalue weighted by Gasteiger charge is 2.19. The highest BCUT2D eigenvalue weighted by molar-refractivity contribution is 8.00. The summed E-state index contributed by atoms with van der Waals surface area (Å²) in [6.45, 7) is 1.63. The molecule has 1 aliphatic rings. The molecular weight excluding hydrogens is 196 g/mol. The lowest BCUT2D eigenvalue weighted by molar-refractivity contribution is 0.0454. The molecule has 0 N–H and O–H groups in total. The highest BCUT2D eigenvalue weighted by Crippen LogP contribution is 2.25. The van der Waals surface area contributed by atoms with Crippen molar-refractivity contribution in [2.75, 3.05) is 13.2 Å². The van der Waals surface area contributed by atoms with Crippen LogP contribution >= 0.6 is 23.4 Å². The monoisotopic (exact) mass is 202 g/mol. The van der Waals surface area contributed by atoms with Crippen molar-refractivity contribution in [2.24, 2.45) is 0 Å². The van der Waals surface area contributed by atoms with Gasteiger partial charge in [0.15, 0.2) is 5.15 Å². The fraction of sp³-hybridized carbons (Fsp3) is 0.429. The van der Waals surface area contributed by atoms with Crippen LogP contribution in [0.2, 0.25) is 5.15 Å². The first-order valence-corrected chi connectivity index (χ1v) is 4.84. The lowest BCUT2D eigenvalue weighted by atomic mass is 10.4. The van der Waals surface area contributed by atoms with Gasteiger partial charge in [0, 0.05) is 0 Å². The van der Waals surface area contributed by atoms with E-state index < -0.39 is 0 Å². The number of thioether (sulfide) groups is 1. The van der Waals surface area contributed by atoms with E-state index in [0.29, 0.717) is 10.4 Å². The van der Waals surface area contributed by atoms with E-state index in [-0.39, 0.29) is 0 Å². The maximum atomic E-state index is 5.59. The Morgan fingerprint density at radius 1 is 1.42 bits per heavy atom. The predicted octanol–water partition coefficient (Wildman–Crippen LogP) is 1.62. The minimum Gasteiger partial charge on any atom is -0.379 e. The molecule has 0 saturated carbocycles. The molecule has 12 heavy (non-hydrogen) atoms. The van der Waals surface area contributed by atoms with Crippen molar-refractivity contribution in [3.8, 4) is 0 Å². The number of ether oxygens (including phenoxy) is 1. The fourth-order valence-corrected chi connectivity index (χ4v) is 1.82. The average molecular weight is 203 g/mol. The summed E-state index contributed by atoms with van der Waals surface area (Å²) >= 11 is 7.27. The van der Waals surface area contributed by atoms with Gasteiger partial charge in [-0.15, -0.1) is 10.2 Å². The summed E-state index contributed by atoms with van der Waals surface area (Å²) in [5.74, 6) is 0. The van der Waals surface area contributed by atoms with Gasteiger partial charge >= 0.3 is 0 Å². The summed E-state index contributed by atoms with van der Waals surface area (Å²) in [5, 5.41) is 9.56. The molecule has 1 aromatic rings. The van der Waals surface area contributed by atoms with Gasteiger partial charge in [0.05, 0.1) is 18.5 Å². The topological polar surface area (TPSA) is 35.0 Å². The second-order valence-corrected chi connectivity index (χ2v) is 4.18. The van der Waals surface area contributed by atoms with Gasteiger partial charge in [0.25, 0.3) is 0 Å². The van der Waals surface area contributed by atoms with Crippen LogP contribution in [0, 0.1) is 0 Å². The Labute approximate surface area is 79.5 Å². The molecule has 0 spiro atoms. The Hall–Kier alpha value is -0.320. The second-order valence-electron chi connectivity index (χ2n) is 2.47. The molecule has 2 heterocycles. The van der Waals surface area contributed by atoms with Crippen molar-refractivity contribution in [1.82, 2.24) is 10.2 Å². The summed E-state index contributed by atoms with van der Waals surface area (Å²) in [4.78, 5) is 0. The zero-order chi connectivity index (χ0) is 8.39. The van der Waals surface area contributed by atoms with Gasteiger partial charge in [0.1, 0.15) is 5.03 Å². The normalized spacial score (nSPS) is 17.4. The van der Waals surface area contributed by atoms with Gasteiger partial charge in [-0.25, -0.2) is 0 Å². The Morgan fingerprint density at radius 3 is 2.75 bits per heavy atom. The van der Waals surface area contributed by atoms with E-state index in [4.69, 9.17) is 16.3 Å². The molecule has 0 aromatic carbocycles. The van der Waals surface area contributed by atoms with E-state index >= 15 is 0 Å². The Kier molecular flexibility index (Phi) is 2.48. The van der Waals surface area contributed by atoms with Gasteiger partial charge in [-0.3, -0.25) is 0 Å². The van der Waals surface area contributed by atoms with Crippen molar-refractivity contribution in [3.63, 3.8) is 0 Å². The number of rotatable bonds is 2. The quantitative estimate of drug-likeness (QED) is 0.730. The molecule has 0 amide bonds. The average Bonchev–Trinajstić information content (AvgIpc) is 2.00. The molecule has 1 saturated heterocycles. The van der Waals surface area contributed by atoms with Gasteiger partial charge < -0.3 is 4.74 Å². The molecule has 0 radical (unpaired) electrons. The molecule has 1 aromatic heterocycles. The van der Waals surface area contributed by atoms with Crippen LogP contribution in [-0.2, 0) is 4.74 Å². The van der Waals surface area contributed by atoms with Crippen LogP contribution < -0.4 is 0 Å². The third kappa shape index (κ3) is 1.88. The number of hydrogen-bond acceptors (Lipinski definition) is 4. The van der Waals surface area contributed by atoms with Crippen molar-refractivity contribution >= 4 is 23.4 Å². The van der Waals surface area contributed by atoms with Crippen molar-refractivity contribution in [1.29, 1.82) is 0 Å². The molecule has 1 fully saturated rings. The standard InChI is InChI=1S/C7H7ClN2OS/c8-6-1-2-7(10-9-6)12-5-3-11-4-5/h1-2,5H,3-4H2. The van der Waals surface area contributed by atoms with Crippen LogP contribution in [0.1, 0.15) is 0 Å². The Bertz CT molecular complexity index is 263. The molecule has 3 nitrogen and oxygen atoms in total. The van der Waals surface area contributed by atoms with Crippen molar-refractivity contribution in [2.45, 2.75) is 10.3 Å². The van der Waals surface area contributed by atoms with E-state index in [1.165, 1.54) is 0 Å². The van der Waals surface area contributed by atoms with Gasteiger partial charge in [0.2, 0.25) is 0 Å². The van der Waals surface area contributed by atoms with E-state index in [9.17, 15) is 0 Å². The third-order valence-electron chi connectivity index (χ3n) is 1.50. The minimum absolute atomic E-state index is 0.434. The highest BCUT2D eigenvalue weighted by atomic mass is 35.5. The molecule has 1 aliphatic heterocycles. The Morgan fingerprint density at radius 2 is 2.25 bits per heavy atom. The summed E-state index contributed by atoms with van der Waals surface area (Å²) in [6.07, 6.45) is 0. The molecule has 64 valence electrons. The molecule has 0 atom stereocenters. The van der Waals surface area contributed by atoms with Crippen molar-refractivity contribution in [3.05, 3.63) is 17.3 Å². The Balaban J connectivity index is 1.98. The largest absolute Gasteiger partial charge is 0.379 e. The molecule has 2 rings (SSSR count). The number of nitrogens with zero attached hydrogens (tertiary/aromatic N) is 2. The van der Waals surface area contributed by atoms with Gasteiger partial charge in [-0.2, -0.15) is 0 Å². The molecule has 5 heteroatoms. The summed E-state index contributed by atoms with van der Waals surface area (Å²) in [7, 11) is 0. The van der Waals surface area contributed by atoms with Crippen LogP contribution in [0.25, 0.3) is 0 Å². The van der Waals surface area contributed by atoms with Crippen LogP contribution in [-0.4, -0.2) is 28.7 Å². The first kappa shape index (κ1) is 8.29. The van der Waals surface area contributed by atoms with Gasteiger partial charge in [-0.05, 0) is 12.1 Å². The van der Waals surface area contributed by atoms with Crippen LogP contribution in [0.15, 0.2) is 17.2 Å². The smallest absolute Gasteiger partial charge is 0.151 e. The second kappa shape index (κ2) is 3.60. The van der Waals surface area contributed by atoms with Gasteiger partial charge in [-0.1, -0.05) is 23.4 Å². The maximum absolute atomic E-state index is 5.59. The molecule has 0 aliphatic carbocycles. The van der Waals surface area contributed by atoms with E-state index in [1.54, 1.807) is 17.8 Å². The zero-order valence-electron chi connectivity index (χ0n) is 6.24. The third-order valence-corrected chi connectivity index (χ3v) is 2.77. The molecule has 0 unspecified atom stereocenters. The number of hydrogen-bond donors (Lipinski definition) is 0. The fourth-order valence-electron chi connectivity index (χ4n) is 0.819. The summed E-state index contributed by atoms with van der Waals surface area (Å²) in [6, 6.07) is 3.62. The first-order valence-electron chi connectivity index (χ1n) is 3.58. The van der Waals surface area contributed by atoms with E-state index in [2.05, 4.69) is 10.2 Å². The summed E-state index contributed by atoms with van der Waals surface area (Å²) < 4.78 is 5.04. The van der Waals surface area contributed by atoms with Crippen LogP contribution in [0.4, 0.5) is 0 Å². The van der Waals surface area contributed by atoms with E-state index in [0.717, 1.165) is 18.2 Å². The SMILES string of the molecule is Clc1ccc(SC2COC2)nn1. The van der Waals surface area contributed by atoms with Crippen LogP contribution in [0.5, 0.6) is 0 Å². The maximum Gasteiger partial charge on any atom is 0.151 e. The predicted molar refractivity (Wildman–Crippen MR) is 47.5 cm³/mol. The van der Waals surface area contributed by atoms with Crippen LogP contribution in [0.3, 0.4) is 0 Å². The zero-order valence-corrected chi connectivity index (χ0v) is 7.81. The van der Waals surface area contributed by atoms with E-state index in [1.807, 2.05) is 6.07 Å². The molecule has 0 bridgehead atoms. The number of aromatic nitrogens is 2. The minimum atomic E-state index is 0.434. The number of halogens is 1. The summed E-state index contributed by atoms with van der Waals surface area (Å²) in [5.41, 5.74) is 0. The lowest BCUT2D eigenvalue weighted by Crippen LogP contribution is -2.30. The van der Waals surface area contributed by atoms with Crippen molar-refractivity contribution < 1.29 is 4.74 Å². The lowest BCUT2D eigenvalue weighted by Gasteiger charge is -2.24.